The summed E-state index contributed by atoms with van der Waals surface area (Å²) in [7, 11) is 2.12. The number of nitrogen functional groups attached to an aromatic ring is 1. The Morgan fingerprint density at radius 3 is 2.62 bits per heavy atom. The van der Waals surface area contributed by atoms with E-state index in [0.717, 1.165) is 30.6 Å². The molecule has 0 aliphatic carbocycles. The van der Waals surface area contributed by atoms with Gasteiger partial charge < -0.3 is 15.6 Å². The Morgan fingerprint density at radius 1 is 1.33 bits per heavy atom. The van der Waals surface area contributed by atoms with E-state index in [1.807, 2.05) is 13.0 Å². The summed E-state index contributed by atoms with van der Waals surface area (Å²) < 4.78 is 0. The number of hydrazine groups is 1. The van der Waals surface area contributed by atoms with Gasteiger partial charge in [0.25, 0.3) is 5.91 Å². The van der Waals surface area contributed by atoms with Gasteiger partial charge in [-0.3, -0.25) is 10.6 Å². The molecule has 0 aromatic heterocycles. The van der Waals surface area contributed by atoms with E-state index >= 15 is 0 Å². The van der Waals surface area contributed by atoms with E-state index in [1.165, 1.54) is 0 Å². The average molecular weight is 292 g/mol. The molecule has 0 unspecified atom stereocenters. The molecular formula is C16H28N4O. The molecule has 0 saturated heterocycles. The van der Waals surface area contributed by atoms with Crippen molar-refractivity contribution in [2.24, 2.45) is 5.84 Å². The minimum atomic E-state index is -0.0201. The lowest BCUT2D eigenvalue weighted by Gasteiger charge is -2.20. The van der Waals surface area contributed by atoms with E-state index in [4.69, 9.17) is 5.84 Å². The fourth-order valence-corrected chi connectivity index (χ4v) is 2.05. The summed E-state index contributed by atoms with van der Waals surface area (Å²) in [5.41, 5.74) is 5.00. The zero-order valence-corrected chi connectivity index (χ0v) is 13.6. The topological polar surface area (TPSA) is 70.4 Å². The molecule has 5 nitrogen and oxygen atoms in total. The van der Waals surface area contributed by atoms with Crippen LogP contribution in [0.4, 0.5) is 5.69 Å². The summed E-state index contributed by atoms with van der Waals surface area (Å²) in [6, 6.07) is 6.04. The van der Waals surface area contributed by atoms with Gasteiger partial charge in [0.1, 0.15) is 0 Å². The number of aryl methyl sites for hydroxylation is 1. The lowest BCUT2D eigenvalue weighted by molar-refractivity contribution is 0.0952. The van der Waals surface area contributed by atoms with Crippen molar-refractivity contribution in [1.29, 1.82) is 0 Å². The predicted molar refractivity (Wildman–Crippen MR) is 88.3 cm³/mol. The van der Waals surface area contributed by atoms with E-state index in [-0.39, 0.29) is 5.91 Å². The van der Waals surface area contributed by atoms with Gasteiger partial charge in [0.15, 0.2) is 0 Å². The van der Waals surface area contributed by atoms with E-state index < -0.39 is 0 Å². The highest BCUT2D eigenvalue weighted by Crippen LogP contribution is 2.14. The number of nitrogens with zero attached hydrogens (tertiary/aromatic N) is 1. The number of rotatable bonds is 8. The first-order valence-corrected chi connectivity index (χ1v) is 7.51. The highest BCUT2D eigenvalue weighted by atomic mass is 16.1. The van der Waals surface area contributed by atoms with Crippen molar-refractivity contribution in [2.75, 3.05) is 25.6 Å². The fourth-order valence-electron chi connectivity index (χ4n) is 2.05. The smallest absolute Gasteiger partial charge is 0.251 e. The van der Waals surface area contributed by atoms with Crippen molar-refractivity contribution in [3.8, 4) is 0 Å². The standard InChI is InChI=1S/C16H28N4O/c1-12(2)20(4)10-6-5-9-18-16(21)15-8-7-14(19-17)11-13(15)3/h7-8,11-12,19H,5-6,9-10,17H2,1-4H3,(H,18,21). The summed E-state index contributed by atoms with van der Waals surface area (Å²) in [5, 5.41) is 2.97. The third kappa shape index (κ3) is 5.73. The molecule has 0 spiro atoms. The number of anilines is 1. The van der Waals surface area contributed by atoms with Gasteiger partial charge in [0.05, 0.1) is 0 Å². The second kappa shape index (κ2) is 8.64. The summed E-state index contributed by atoms with van der Waals surface area (Å²) in [5.74, 6) is 5.33. The Bertz CT molecular complexity index is 460. The number of carbonyl (C=O) groups excluding carboxylic acids is 1. The number of unbranched alkanes of at least 4 members (excludes halogenated alkanes) is 1. The van der Waals surface area contributed by atoms with Gasteiger partial charge in [0, 0.05) is 23.8 Å². The maximum absolute atomic E-state index is 12.1. The van der Waals surface area contributed by atoms with E-state index in [1.54, 1.807) is 12.1 Å². The molecule has 5 heteroatoms. The van der Waals surface area contributed by atoms with E-state index in [2.05, 4.69) is 36.5 Å². The van der Waals surface area contributed by atoms with Gasteiger partial charge in [-0.05, 0) is 71.0 Å². The van der Waals surface area contributed by atoms with Gasteiger partial charge in [-0.2, -0.15) is 0 Å². The first kappa shape index (κ1) is 17.5. The largest absolute Gasteiger partial charge is 0.352 e. The Balaban J connectivity index is 2.34. The minimum Gasteiger partial charge on any atom is -0.352 e. The number of benzene rings is 1. The molecule has 1 amide bonds. The molecule has 0 bridgehead atoms. The fraction of sp³-hybridized carbons (Fsp3) is 0.562. The summed E-state index contributed by atoms with van der Waals surface area (Å²) in [4.78, 5) is 14.4. The second-order valence-electron chi connectivity index (χ2n) is 5.71. The van der Waals surface area contributed by atoms with Crippen LogP contribution in [-0.4, -0.2) is 37.0 Å². The van der Waals surface area contributed by atoms with Gasteiger partial charge in [0.2, 0.25) is 0 Å². The molecule has 0 aliphatic rings. The second-order valence-corrected chi connectivity index (χ2v) is 5.71. The molecule has 1 aromatic rings. The Labute approximate surface area is 127 Å². The van der Waals surface area contributed by atoms with Crippen LogP contribution < -0.4 is 16.6 Å². The molecule has 0 radical (unpaired) electrons. The highest BCUT2D eigenvalue weighted by molar-refractivity contribution is 5.96. The van der Waals surface area contributed by atoms with Crippen LogP contribution in [-0.2, 0) is 0 Å². The lowest BCUT2D eigenvalue weighted by Crippen LogP contribution is -2.29. The summed E-state index contributed by atoms with van der Waals surface area (Å²) in [6.07, 6.45) is 2.08. The molecule has 1 aromatic carbocycles. The van der Waals surface area contributed by atoms with Crippen molar-refractivity contribution in [2.45, 2.75) is 39.7 Å². The number of amides is 1. The number of hydrogen-bond acceptors (Lipinski definition) is 4. The molecule has 0 aliphatic heterocycles. The van der Waals surface area contributed by atoms with Crippen LogP contribution in [0.2, 0.25) is 0 Å². The molecule has 21 heavy (non-hydrogen) atoms. The zero-order chi connectivity index (χ0) is 15.8. The van der Waals surface area contributed by atoms with Crippen LogP contribution in [0.25, 0.3) is 0 Å². The van der Waals surface area contributed by atoms with Crippen LogP contribution >= 0.6 is 0 Å². The third-order valence-electron chi connectivity index (χ3n) is 3.74. The molecule has 0 saturated carbocycles. The minimum absolute atomic E-state index is 0.0201. The molecule has 4 N–H and O–H groups in total. The van der Waals surface area contributed by atoms with Gasteiger partial charge in [-0.25, -0.2) is 0 Å². The van der Waals surface area contributed by atoms with Gasteiger partial charge in [-0.15, -0.1) is 0 Å². The SMILES string of the molecule is Cc1cc(NN)ccc1C(=O)NCCCCN(C)C(C)C. The van der Waals surface area contributed by atoms with Crippen molar-refractivity contribution >= 4 is 11.6 Å². The lowest BCUT2D eigenvalue weighted by atomic mass is 10.1. The Hall–Kier alpha value is -1.59. The van der Waals surface area contributed by atoms with E-state index in [0.29, 0.717) is 18.2 Å². The molecule has 0 atom stereocenters. The van der Waals surface area contributed by atoms with Crippen LogP contribution in [0.5, 0.6) is 0 Å². The predicted octanol–water partition coefficient (Wildman–Crippen LogP) is 2.13. The normalized spacial score (nSPS) is 11.0. The first-order chi connectivity index (χ1) is 9.95. The summed E-state index contributed by atoms with van der Waals surface area (Å²) in [6.45, 7) is 8.05. The quantitative estimate of drug-likeness (QED) is 0.390. The van der Waals surface area contributed by atoms with Crippen molar-refractivity contribution in [1.82, 2.24) is 10.2 Å². The monoisotopic (exact) mass is 292 g/mol. The number of hydrogen-bond donors (Lipinski definition) is 3. The van der Waals surface area contributed by atoms with Crippen molar-refractivity contribution in [3.63, 3.8) is 0 Å². The molecule has 118 valence electrons. The number of carbonyl (C=O) groups is 1. The Kier molecular flexibility index (Phi) is 7.19. The van der Waals surface area contributed by atoms with Gasteiger partial charge in [-0.1, -0.05) is 0 Å². The van der Waals surface area contributed by atoms with E-state index in [9.17, 15) is 4.79 Å². The number of nitrogens with one attached hydrogen (secondary N) is 2. The van der Waals surface area contributed by atoms with Gasteiger partial charge >= 0.3 is 0 Å². The Morgan fingerprint density at radius 2 is 2.05 bits per heavy atom. The molecule has 0 heterocycles. The molecule has 1 rings (SSSR count). The van der Waals surface area contributed by atoms with Crippen LogP contribution in [0.15, 0.2) is 18.2 Å². The summed E-state index contributed by atoms with van der Waals surface area (Å²) >= 11 is 0. The molecule has 0 fully saturated rings. The highest BCUT2D eigenvalue weighted by Gasteiger charge is 2.09. The van der Waals surface area contributed by atoms with Crippen LogP contribution in [0.1, 0.15) is 42.6 Å². The molecular weight excluding hydrogens is 264 g/mol. The van der Waals surface area contributed by atoms with Crippen molar-refractivity contribution in [3.05, 3.63) is 29.3 Å². The van der Waals surface area contributed by atoms with Crippen LogP contribution in [0.3, 0.4) is 0 Å². The average Bonchev–Trinajstić information content (AvgIpc) is 2.45. The first-order valence-electron chi connectivity index (χ1n) is 7.51. The third-order valence-corrected chi connectivity index (χ3v) is 3.74. The maximum atomic E-state index is 12.1. The maximum Gasteiger partial charge on any atom is 0.251 e. The van der Waals surface area contributed by atoms with Crippen molar-refractivity contribution < 1.29 is 4.79 Å². The van der Waals surface area contributed by atoms with Crippen LogP contribution in [0, 0.1) is 6.92 Å². The zero-order valence-electron chi connectivity index (χ0n) is 13.6. The number of nitrogens with two attached hydrogens (primary N) is 1.